The molecule has 0 spiro atoms. The molecule has 0 amide bonds. The largest absolute Gasteiger partial charge is 0.494 e. The Morgan fingerprint density at radius 2 is 0.438 bits per heavy atom. The highest BCUT2D eigenvalue weighted by atomic mass is 79.9. The Morgan fingerprint density at radius 3 is 0.650 bits per heavy atom. The van der Waals surface area contributed by atoms with Crippen LogP contribution in [-0.2, 0) is 0 Å². The molecule has 0 aliphatic rings. The molecule has 0 unspecified atom stereocenters. The van der Waals surface area contributed by atoms with Gasteiger partial charge in [-0.05, 0) is 238 Å². The topological polar surface area (TPSA) is 49.9 Å². The first-order valence-electron chi connectivity index (χ1n) is 28.3. The summed E-state index contributed by atoms with van der Waals surface area (Å²) in [6, 6.07) is 77.0. The van der Waals surface area contributed by atoms with Crippen molar-refractivity contribution in [2.45, 2.75) is 79.1 Å². The Hall–Kier alpha value is -7.66. The molecule has 0 fully saturated rings. The van der Waals surface area contributed by atoms with E-state index in [1.807, 2.05) is 0 Å². The molecule has 0 aromatic heterocycles. The van der Waals surface area contributed by atoms with Crippen LogP contribution in [0.3, 0.4) is 0 Å². The number of ether oxygens (including phenoxy) is 4. The summed E-state index contributed by atoms with van der Waals surface area (Å²) in [5, 5.41) is 0. The molecule has 10 heteroatoms. The van der Waals surface area contributed by atoms with E-state index in [9.17, 15) is 0 Å². The second-order valence-corrected chi connectivity index (χ2v) is 21.5. The smallest absolute Gasteiger partial charge is 0.119 e. The van der Waals surface area contributed by atoms with Gasteiger partial charge in [-0.25, -0.2) is 0 Å². The molecule has 0 radical (unpaired) electrons. The average Bonchev–Trinajstić information content (AvgIpc) is 3.54. The SMILES string of the molecule is CCCCOc1ccc(N(c2ccc(Br)cc2)c2ccc(N(c3ccc(OCCCC)cc3)c3cccc(N(c4ccc(OCCCC)cc4)c4ccc(N(c5ccc(Br)cc5)c5ccc(OCCCC)cc5)cc4)c3)cc2)cc1. The van der Waals surface area contributed by atoms with Crippen molar-refractivity contribution in [3.63, 3.8) is 0 Å². The van der Waals surface area contributed by atoms with Crippen molar-refractivity contribution in [3.8, 4) is 23.0 Å². The van der Waals surface area contributed by atoms with E-state index in [0.717, 1.165) is 152 Å². The fourth-order valence-electron chi connectivity index (χ4n) is 9.35. The summed E-state index contributed by atoms with van der Waals surface area (Å²) in [7, 11) is 0. The Bertz CT molecular complexity index is 3050. The van der Waals surface area contributed by atoms with Gasteiger partial charge in [0, 0.05) is 77.2 Å². The fourth-order valence-corrected chi connectivity index (χ4v) is 9.87. The molecule has 0 aliphatic carbocycles. The highest BCUT2D eigenvalue weighted by Crippen LogP contribution is 2.45. The molecule has 9 aromatic rings. The third-order valence-corrected chi connectivity index (χ3v) is 14.8. The maximum atomic E-state index is 6.18. The third-order valence-electron chi connectivity index (χ3n) is 13.7. The number of anilines is 12. The van der Waals surface area contributed by atoms with Gasteiger partial charge >= 0.3 is 0 Å². The van der Waals surface area contributed by atoms with Crippen LogP contribution in [0, 0.1) is 0 Å². The highest BCUT2D eigenvalue weighted by Gasteiger charge is 2.21. The number of hydrogen-bond acceptors (Lipinski definition) is 8. The molecule has 0 N–H and O–H groups in total. The molecule has 0 heterocycles. The van der Waals surface area contributed by atoms with Crippen LogP contribution < -0.4 is 38.5 Å². The summed E-state index contributed by atoms with van der Waals surface area (Å²) in [6.07, 6.45) is 8.36. The van der Waals surface area contributed by atoms with Crippen molar-refractivity contribution < 1.29 is 18.9 Å². The minimum atomic E-state index is 0.680. The number of rotatable bonds is 28. The minimum Gasteiger partial charge on any atom is -0.494 e. The van der Waals surface area contributed by atoms with Crippen LogP contribution in [0.1, 0.15) is 79.1 Å². The predicted octanol–water partition coefficient (Wildman–Crippen LogP) is 21.8. The van der Waals surface area contributed by atoms with Gasteiger partial charge in [-0.2, -0.15) is 0 Å². The molecule has 0 aliphatic heterocycles. The van der Waals surface area contributed by atoms with Gasteiger partial charge in [0.05, 0.1) is 26.4 Å². The van der Waals surface area contributed by atoms with Gasteiger partial charge < -0.3 is 38.5 Å². The van der Waals surface area contributed by atoms with Crippen LogP contribution in [-0.4, -0.2) is 26.4 Å². The lowest BCUT2D eigenvalue weighted by molar-refractivity contribution is 0.309. The molecule has 9 rings (SSSR count). The highest BCUT2D eigenvalue weighted by molar-refractivity contribution is 9.10. The molecule has 410 valence electrons. The fraction of sp³-hybridized carbons (Fsp3) is 0.229. The average molecular weight is 1190 g/mol. The van der Waals surface area contributed by atoms with E-state index in [1.165, 1.54) is 0 Å². The van der Waals surface area contributed by atoms with Crippen LogP contribution in [0.5, 0.6) is 23.0 Å². The molecule has 0 atom stereocenters. The van der Waals surface area contributed by atoms with E-state index >= 15 is 0 Å². The molecule has 80 heavy (non-hydrogen) atoms. The summed E-state index contributed by atoms with van der Waals surface area (Å²) in [5.41, 5.74) is 12.2. The first kappa shape index (κ1) is 57.0. The zero-order chi connectivity index (χ0) is 55.5. The first-order chi connectivity index (χ1) is 39.3. The zero-order valence-corrected chi connectivity index (χ0v) is 49.6. The molecule has 0 saturated heterocycles. The standard InChI is InChI=1S/C70H72Br2N4O4/c1-5-9-48-77-67-40-32-61(33-41-67)73(55-20-16-53(71)17-21-55)57-24-28-59(29-25-57)75(63-36-44-69(45-37-63)79-50-11-7-3)65-14-13-15-66(52-65)76(64-38-46-70(47-39-64)80-51-12-8-4)60-30-26-58(27-31-60)74(56-22-18-54(72)19-23-56)62-34-42-68(43-35-62)78-49-10-6-2/h13-47,52H,5-12,48-51H2,1-4H3. The van der Waals surface area contributed by atoms with E-state index < -0.39 is 0 Å². The van der Waals surface area contributed by atoms with Gasteiger partial charge in [0.1, 0.15) is 23.0 Å². The van der Waals surface area contributed by atoms with Gasteiger partial charge in [-0.1, -0.05) is 91.3 Å². The summed E-state index contributed by atoms with van der Waals surface area (Å²) in [5.74, 6) is 3.43. The van der Waals surface area contributed by atoms with Crippen molar-refractivity contribution >= 4 is 100 Å². The summed E-state index contributed by atoms with van der Waals surface area (Å²) >= 11 is 7.32. The second kappa shape index (κ2) is 29.0. The monoisotopic (exact) mass is 1190 g/mol. The van der Waals surface area contributed by atoms with E-state index in [2.05, 4.69) is 298 Å². The predicted molar refractivity (Wildman–Crippen MR) is 342 cm³/mol. The van der Waals surface area contributed by atoms with Gasteiger partial charge in [-0.3, -0.25) is 0 Å². The van der Waals surface area contributed by atoms with Crippen LogP contribution in [0.4, 0.5) is 68.2 Å². The van der Waals surface area contributed by atoms with Crippen LogP contribution in [0.15, 0.2) is 227 Å². The zero-order valence-electron chi connectivity index (χ0n) is 46.4. The Labute approximate surface area is 491 Å². The normalized spacial score (nSPS) is 11.0. The van der Waals surface area contributed by atoms with Crippen LogP contribution in [0.2, 0.25) is 0 Å². The molecule has 0 bridgehead atoms. The molecule has 0 saturated carbocycles. The summed E-state index contributed by atoms with van der Waals surface area (Å²) in [6.45, 7) is 11.5. The number of nitrogens with zero attached hydrogens (tertiary/aromatic N) is 4. The van der Waals surface area contributed by atoms with Crippen molar-refractivity contribution in [1.82, 2.24) is 0 Å². The maximum absolute atomic E-state index is 6.18. The molecule has 8 nitrogen and oxygen atoms in total. The summed E-state index contributed by atoms with van der Waals surface area (Å²) < 4.78 is 26.5. The lowest BCUT2D eigenvalue weighted by Crippen LogP contribution is -2.14. The molecule has 9 aromatic carbocycles. The minimum absolute atomic E-state index is 0.680. The molecular weight excluding hydrogens is 1120 g/mol. The Kier molecular flexibility index (Phi) is 20.7. The molecular formula is C70H72Br2N4O4. The van der Waals surface area contributed by atoms with Gasteiger partial charge in [-0.15, -0.1) is 0 Å². The third kappa shape index (κ3) is 15.0. The van der Waals surface area contributed by atoms with Crippen molar-refractivity contribution in [2.24, 2.45) is 0 Å². The van der Waals surface area contributed by atoms with Crippen LogP contribution >= 0.6 is 31.9 Å². The quantitative estimate of drug-likeness (QED) is 0.0450. The van der Waals surface area contributed by atoms with E-state index in [1.54, 1.807) is 0 Å². The van der Waals surface area contributed by atoms with E-state index in [4.69, 9.17) is 18.9 Å². The van der Waals surface area contributed by atoms with Gasteiger partial charge in [0.2, 0.25) is 0 Å². The maximum Gasteiger partial charge on any atom is 0.119 e. The number of benzene rings is 9. The second-order valence-electron chi connectivity index (χ2n) is 19.6. The van der Waals surface area contributed by atoms with Gasteiger partial charge in [0.15, 0.2) is 0 Å². The van der Waals surface area contributed by atoms with Crippen molar-refractivity contribution in [1.29, 1.82) is 0 Å². The van der Waals surface area contributed by atoms with Gasteiger partial charge in [0.25, 0.3) is 0 Å². The van der Waals surface area contributed by atoms with Crippen molar-refractivity contribution in [3.05, 3.63) is 227 Å². The van der Waals surface area contributed by atoms with E-state index in [0.29, 0.717) is 26.4 Å². The Balaban J connectivity index is 1.11. The lowest BCUT2D eigenvalue weighted by atomic mass is 10.1. The summed E-state index contributed by atoms with van der Waals surface area (Å²) in [4.78, 5) is 9.19. The Morgan fingerprint density at radius 1 is 0.250 bits per heavy atom. The van der Waals surface area contributed by atoms with Crippen molar-refractivity contribution in [2.75, 3.05) is 46.0 Å². The lowest BCUT2D eigenvalue weighted by Gasteiger charge is -2.31. The van der Waals surface area contributed by atoms with Crippen LogP contribution in [0.25, 0.3) is 0 Å². The number of hydrogen-bond donors (Lipinski definition) is 0. The first-order valence-corrected chi connectivity index (χ1v) is 29.8. The number of unbranched alkanes of at least 4 members (excludes halogenated alkanes) is 4. The number of halogens is 2. The van der Waals surface area contributed by atoms with E-state index in [-0.39, 0.29) is 0 Å².